The van der Waals surface area contributed by atoms with Gasteiger partial charge in [-0.15, -0.1) is 0 Å². The van der Waals surface area contributed by atoms with Crippen molar-refractivity contribution in [3.05, 3.63) is 46.8 Å². The molecule has 134 valence electrons. The second-order valence-corrected chi connectivity index (χ2v) is 5.35. The average molecular weight is 356 g/mol. The van der Waals surface area contributed by atoms with Gasteiger partial charge in [-0.3, -0.25) is 4.79 Å². The third kappa shape index (κ3) is 3.44. The van der Waals surface area contributed by atoms with E-state index in [1.54, 1.807) is 36.4 Å². The summed E-state index contributed by atoms with van der Waals surface area (Å²) in [6.45, 7) is -0.427. The molecule has 1 heterocycles. The van der Waals surface area contributed by atoms with Gasteiger partial charge in [0.15, 0.2) is 6.61 Å². The van der Waals surface area contributed by atoms with Crippen LogP contribution in [0.5, 0.6) is 17.2 Å². The molecule has 0 fully saturated rings. The highest BCUT2D eigenvalue weighted by atomic mass is 16.5. The number of H-pyrrole nitrogens is 1. The number of aromatic nitrogens is 2. The molecule has 0 saturated carbocycles. The van der Waals surface area contributed by atoms with Gasteiger partial charge in [0.1, 0.15) is 28.5 Å². The van der Waals surface area contributed by atoms with Crippen LogP contribution >= 0.6 is 0 Å². The molecule has 0 spiro atoms. The van der Waals surface area contributed by atoms with E-state index >= 15 is 0 Å². The van der Waals surface area contributed by atoms with Crippen LogP contribution < -0.4 is 19.8 Å². The maximum atomic E-state index is 12.5. The number of benzene rings is 2. The molecule has 0 unspecified atom stereocenters. The third-order valence-corrected chi connectivity index (χ3v) is 3.69. The Morgan fingerprint density at radius 3 is 2.46 bits per heavy atom. The summed E-state index contributed by atoms with van der Waals surface area (Å²) in [5, 5.41) is 8.96. The van der Waals surface area contributed by atoms with E-state index in [2.05, 4.69) is 9.97 Å². The third-order valence-electron chi connectivity index (χ3n) is 3.69. The zero-order chi connectivity index (χ0) is 18.7. The van der Waals surface area contributed by atoms with E-state index in [0.717, 1.165) is 0 Å². The van der Waals surface area contributed by atoms with Crippen molar-refractivity contribution in [3.63, 3.8) is 0 Å². The van der Waals surface area contributed by atoms with E-state index in [1.165, 1.54) is 14.2 Å². The minimum absolute atomic E-state index is 0.332. The van der Waals surface area contributed by atoms with Gasteiger partial charge in [0.05, 0.1) is 19.7 Å². The van der Waals surface area contributed by atoms with Crippen LogP contribution in [0.2, 0.25) is 0 Å². The molecule has 8 nitrogen and oxygen atoms in total. The van der Waals surface area contributed by atoms with Crippen molar-refractivity contribution in [1.29, 1.82) is 0 Å². The van der Waals surface area contributed by atoms with Gasteiger partial charge in [0.25, 0.3) is 5.56 Å². The normalized spacial score (nSPS) is 10.5. The fourth-order valence-electron chi connectivity index (χ4n) is 2.48. The number of fused-ring (bicyclic) bond motifs is 1. The minimum Gasteiger partial charge on any atom is -0.497 e. The van der Waals surface area contributed by atoms with Crippen LogP contribution in [-0.2, 0) is 4.79 Å². The van der Waals surface area contributed by atoms with Crippen molar-refractivity contribution < 1.29 is 24.1 Å². The highest BCUT2D eigenvalue weighted by Crippen LogP contribution is 2.29. The first-order valence-corrected chi connectivity index (χ1v) is 7.63. The second-order valence-electron chi connectivity index (χ2n) is 5.35. The number of carboxylic acid groups (broad SMARTS) is 1. The van der Waals surface area contributed by atoms with Crippen molar-refractivity contribution in [2.24, 2.45) is 0 Å². The highest BCUT2D eigenvalue weighted by molar-refractivity contribution is 5.87. The Morgan fingerprint density at radius 1 is 1.12 bits per heavy atom. The Labute approximate surface area is 148 Å². The summed E-state index contributed by atoms with van der Waals surface area (Å²) < 4.78 is 15.6. The van der Waals surface area contributed by atoms with Crippen molar-refractivity contribution in [2.45, 2.75) is 0 Å². The summed E-state index contributed by atoms with van der Waals surface area (Å²) in [5.41, 5.74) is 0.746. The number of ether oxygens (including phenoxy) is 3. The molecule has 0 radical (unpaired) electrons. The van der Waals surface area contributed by atoms with E-state index < -0.39 is 12.6 Å². The number of carboxylic acids is 1. The minimum atomic E-state index is -1.06. The Hall–Kier alpha value is -3.55. The van der Waals surface area contributed by atoms with Gasteiger partial charge in [-0.2, -0.15) is 0 Å². The Morgan fingerprint density at radius 2 is 1.85 bits per heavy atom. The summed E-state index contributed by atoms with van der Waals surface area (Å²) in [6, 6.07) is 9.84. The number of hydrogen-bond acceptors (Lipinski definition) is 6. The maximum absolute atomic E-state index is 12.5. The molecular weight excluding hydrogens is 340 g/mol. The van der Waals surface area contributed by atoms with Crippen molar-refractivity contribution in [3.8, 4) is 28.6 Å². The number of aliphatic carboxylic acids is 1. The molecule has 0 amide bonds. The molecule has 0 aliphatic rings. The molecule has 8 heteroatoms. The molecule has 3 rings (SSSR count). The standard InChI is InChI=1S/C18H16N2O6/c1-24-12-7-13-16(14(8-12)25-2)18(23)20-17(19-13)10-3-5-11(6-4-10)26-9-15(21)22/h3-8H,9H2,1-2H3,(H,21,22)(H,19,20,23). The van der Waals surface area contributed by atoms with Gasteiger partial charge in [-0.25, -0.2) is 9.78 Å². The van der Waals surface area contributed by atoms with Crippen LogP contribution in [0.1, 0.15) is 0 Å². The molecule has 0 aliphatic heterocycles. The monoisotopic (exact) mass is 356 g/mol. The van der Waals surface area contributed by atoms with Crippen LogP contribution in [0, 0.1) is 0 Å². The number of aromatic amines is 1. The fourth-order valence-corrected chi connectivity index (χ4v) is 2.48. The zero-order valence-electron chi connectivity index (χ0n) is 14.1. The molecule has 2 N–H and O–H groups in total. The highest BCUT2D eigenvalue weighted by Gasteiger charge is 2.13. The first-order chi connectivity index (χ1) is 12.5. The second kappa shape index (κ2) is 7.14. The molecule has 3 aromatic rings. The van der Waals surface area contributed by atoms with Gasteiger partial charge in [-0.1, -0.05) is 0 Å². The van der Waals surface area contributed by atoms with Crippen LogP contribution in [0.15, 0.2) is 41.2 Å². The number of rotatable bonds is 6. The summed E-state index contributed by atoms with van der Waals surface area (Å²) >= 11 is 0. The quantitative estimate of drug-likeness (QED) is 0.695. The molecule has 0 bridgehead atoms. The molecule has 0 saturated heterocycles. The Bertz CT molecular complexity index is 1010. The lowest BCUT2D eigenvalue weighted by molar-refractivity contribution is -0.139. The van der Waals surface area contributed by atoms with E-state index in [9.17, 15) is 9.59 Å². The Kier molecular flexibility index (Phi) is 4.74. The fraction of sp³-hybridized carbons (Fsp3) is 0.167. The molecule has 26 heavy (non-hydrogen) atoms. The first-order valence-electron chi connectivity index (χ1n) is 7.63. The summed E-state index contributed by atoms with van der Waals surface area (Å²) in [6.07, 6.45) is 0. The average Bonchev–Trinajstić information content (AvgIpc) is 2.65. The molecule has 0 atom stereocenters. The maximum Gasteiger partial charge on any atom is 0.341 e. The van der Waals surface area contributed by atoms with E-state index in [-0.39, 0.29) is 5.56 Å². The van der Waals surface area contributed by atoms with Crippen LogP contribution in [-0.4, -0.2) is 41.9 Å². The topological polar surface area (TPSA) is 111 Å². The number of hydrogen-bond donors (Lipinski definition) is 2. The SMILES string of the molecule is COc1cc(OC)c2c(=O)[nH]c(-c3ccc(OCC(=O)O)cc3)nc2c1. The van der Waals surface area contributed by atoms with Gasteiger partial charge >= 0.3 is 5.97 Å². The van der Waals surface area contributed by atoms with Gasteiger partial charge < -0.3 is 24.3 Å². The lowest BCUT2D eigenvalue weighted by Gasteiger charge is -2.09. The number of methoxy groups -OCH3 is 2. The number of nitrogens with one attached hydrogen (secondary N) is 1. The van der Waals surface area contributed by atoms with Gasteiger partial charge in [0, 0.05) is 17.7 Å². The van der Waals surface area contributed by atoms with Crippen LogP contribution in [0.3, 0.4) is 0 Å². The lowest BCUT2D eigenvalue weighted by Crippen LogP contribution is -2.11. The molecular formula is C18H16N2O6. The van der Waals surface area contributed by atoms with Crippen LogP contribution in [0.4, 0.5) is 0 Å². The van der Waals surface area contributed by atoms with Crippen molar-refractivity contribution in [1.82, 2.24) is 9.97 Å². The predicted molar refractivity (Wildman–Crippen MR) is 94.0 cm³/mol. The number of nitrogens with zero attached hydrogens (tertiary/aromatic N) is 1. The van der Waals surface area contributed by atoms with Gasteiger partial charge in [0.2, 0.25) is 0 Å². The van der Waals surface area contributed by atoms with Crippen molar-refractivity contribution in [2.75, 3.05) is 20.8 Å². The van der Waals surface area contributed by atoms with Crippen molar-refractivity contribution >= 4 is 16.9 Å². The predicted octanol–water partition coefficient (Wildman–Crippen LogP) is 2.07. The summed E-state index contributed by atoms with van der Waals surface area (Å²) in [4.78, 5) is 30.2. The molecule has 0 aliphatic carbocycles. The van der Waals surface area contributed by atoms with Crippen LogP contribution in [0.25, 0.3) is 22.3 Å². The zero-order valence-corrected chi connectivity index (χ0v) is 14.1. The lowest BCUT2D eigenvalue weighted by atomic mass is 10.1. The molecule has 1 aromatic heterocycles. The van der Waals surface area contributed by atoms with E-state index in [1.807, 2.05) is 0 Å². The van der Waals surface area contributed by atoms with Gasteiger partial charge in [-0.05, 0) is 24.3 Å². The summed E-state index contributed by atoms with van der Waals surface area (Å²) in [7, 11) is 2.99. The van der Waals surface area contributed by atoms with E-state index in [0.29, 0.717) is 39.5 Å². The largest absolute Gasteiger partial charge is 0.497 e. The first kappa shape index (κ1) is 17.3. The van der Waals surface area contributed by atoms with E-state index in [4.69, 9.17) is 19.3 Å². The Balaban J connectivity index is 2.03. The smallest absolute Gasteiger partial charge is 0.341 e. The molecule has 2 aromatic carbocycles. The number of carbonyl (C=O) groups is 1. The summed E-state index contributed by atoms with van der Waals surface area (Å²) in [5.74, 6) is 0.607.